The largest absolute Gasteiger partial charge is 0.408 e. The number of carbonyl (C=O) groups excluding carboxylic acids is 1. The molecule has 2 aromatic heterocycles. The van der Waals surface area contributed by atoms with Crippen molar-refractivity contribution in [1.29, 1.82) is 0 Å². The lowest BCUT2D eigenvalue weighted by atomic mass is 9.75. The smallest absolute Gasteiger partial charge is 0.294 e. The van der Waals surface area contributed by atoms with Crippen molar-refractivity contribution in [3.05, 3.63) is 28.8 Å². The summed E-state index contributed by atoms with van der Waals surface area (Å²) in [5, 5.41) is 5.97. The summed E-state index contributed by atoms with van der Waals surface area (Å²) in [5.74, 6) is -0.119. The lowest BCUT2D eigenvalue weighted by Gasteiger charge is -2.30. The molecule has 0 N–H and O–H groups in total. The van der Waals surface area contributed by atoms with Gasteiger partial charge in [0.05, 0.1) is 16.1 Å². The lowest BCUT2D eigenvalue weighted by molar-refractivity contribution is -0.143. The molecular weight excluding hydrogens is 313 g/mol. The van der Waals surface area contributed by atoms with Crippen molar-refractivity contribution >= 4 is 17.1 Å². The third kappa shape index (κ3) is 2.58. The number of hydrogen-bond acceptors (Lipinski definition) is 3. The van der Waals surface area contributed by atoms with Gasteiger partial charge >= 0.3 is 6.18 Å². The summed E-state index contributed by atoms with van der Waals surface area (Å²) in [6.07, 6.45) is -3.49. The van der Waals surface area contributed by atoms with Gasteiger partial charge in [-0.2, -0.15) is 18.3 Å². The second-order valence-electron chi connectivity index (χ2n) is 6.13. The number of rotatable bonds is 2. The fraction of sp³-hybridized carbons (Fsp3) is 0.467. The van der Waals surface area contributed by atoms with Crippen LogP contribution >= 0.6 is 11.3 Å². The van der Waals surface area contributed by atoms with E-state index in [1.165, 1.54) is 11.3 Å². The highest BCUT2D eigenvalue weighted by Gasteiger charge is 2.41. The van der Waals surface area contributed by atoms with Crippen LogP contribution < -0.4 is 0 Å². The summed E-state index contributed by atoms with van der Waals surface area (Å²) >= 11 is 1.37. The Morgan fingerprint density at radius 1 is 1.41 bits per heavy atom. The number of thiophene rings is 1. The Balaban J connectivity index is 2.24. The van der Waals surface area contributed by atoms with Gasteiger partial charge in [0, 0.05) is 11.8 Å². The van der Waals surface area contributed by atoms with Gasteiger partial charge in [-0.15, -0.1) is 11.3 Å². The van der Waals surface area contributed by atoms with Crippen molar-refractivity contribution in [3.8, 4) is 10.6 Å². The highest BCUT2D eigenvalue weighted by molar-refractivity contribution is 7.13. The molecule has 0 saturated carbocycles. The molecule has 0 saturated heterocycles. The summed E-state index contributed by atoms with van der Waals surface area (Å²) in [4.78, 5) is 13.1. The third-order valence-electron chi connectivity index (χ3n) is 3.93. The van der Waals surface area contributed by atoms with Crippen LogP contribution in [0.25, 0.3) is 10.6 Å². The zero-order valence-electron chi connectivity index (χ0n) is 12.2. The SMILES string of the molecule is CC1(C)CCC(=O)c2c(-c3cccs3)nn(CC(F)(F)F)c21. The summed E-state index contributed by atoms with van der Waals surface area (Å²) < 4.78 is 39.6. The van der Waals surface area contributed by atoms with Gasteiger partial charge in [-0.1, -0.05) is 19.9 Å². The van der Waals surface area contributed by atoms with E-state index in [0.29, 0.717) is 29.8 Å². The first-order chi connectivity index (χ1) is 10.2. The molecule has 0 bridgehead atoms. The minimum Gasteiger partial charge on any atom is -0.294 e. The topological polar surface area (TPSA) is 34.9 Å². The Bertz CT molecular complexity index is 714. The molecule has 118 valence electrons. The second kappa shape index (κ2) is 4.94. The number of Topliss-reactive ketones (excluding diaryl/α,β-unsaturated/α-hetero) is 1. The first-order valence-electron chi connectivity index (χ1n) is 6.94. The van der Waals surface area contributed by atoms with E-state index < -0.39 is 18.1 Å². The van der Waals surface area contributed by atoms with E-state index >= 15 is 0 Å². The number of ketones is 1. The number of hydrogen-bond donors (Lipinski definition) is 0. The molecule has 2 aromatic rings. The van der Waals surface area contributed by atoms with Crippen molar-refractivity contribution in [3.63, 3.8) is 0 Å². The van der Waals surface area contributed by atoms with Gasteiger partial charge in [0.1, 0.15) is 12.2 Å². The van der Waals surface area contributed by atoms with E-state index in [-0.39, 0.29) is 5.78 Å². The molecule has 0 amide bonds. The summed E-state index contributed by atoms with van der Waals surface area (Å²) in [7, 11) is 0. The van der Waals surface area contributed by atoms with Crippen LogP contribution in [0.2, 0.25) is 0 Å². The van der Waals surface area contributed by atoms with Gasteiger partial charge in [-0.05, 0) is 17.9 Å². The van der Waals surface area contributed by atoms with Crippen molar-refractivity contribution in [2.45, 2.75) is 44.8 Å². The van der Waals surface area contributed by atoms with Crippen molar-refractivity contribution < 1.29 is 18.0 Å². The quantitative estimate of drug-likeness (QED) is 0.817. The minimum atomic E-state index is -4.37. The van der Waals surface area contributed by atoms with E-state index in [0.717, 1.165) is 9.56 Å². The molecule has 0 aromatic carbocycles. The van der Waals surface area contributed by atoms with E-state index in [4.69, 9.17) is 0 Å². The number of halogens is 3. The van der Waals surface area contributed by atoms with E-state index in [2.05, 4.69) is 5.10 Å². The molecule has 0 aliphatic heterocycles. The Labute approximate surface area is 129 Å². The van der Waals surface area contributed by atoms with Crippen molar-refractivity contribution in [2.24, 2.45) is 0 Å². The monoisotopic (exact) mass is 328 g/mol. The summed E-state index contributed by atoms with van der Waals surface area (Å²) in [6, 6.07) is 3.58. The Morgan fingerprint density at radius 3 is 2.73 bits per heavy atom. The summed E-state index contributed by atoms with van der Waals surface area (Å²) in [6.45, 7) is 2.56. The minimum absolute atomic E-state index is 0.119. The normalized spacial score (nSPS) is 17.6. The zero-order valence-corrected chi connectivity index (χ0v) is 13.0. The molecule has 1 aliphatic rings. The number of fused-ring (bicyclic) bond motifs is 1. The van der Waals surface area contributed by atoms with Gasteiger partial charge in [0.15, 0.2) is 5.78 Å². The first kappa shape index (κ1) is 15.3. The van der Waals surface area contributed by atoms with Crippen LogP contribution in [0.5, 0.6) is 0 Å². The van der Waals surface area contributed by atoms with Crippen LogP contribution in [0, 0.1) is 0 Å². The number of alkyl halides is 3. The lowest BCUT2D eigenvalue weighted by Crippen LogP contribution is -2.32. The zero-order chi connectivity index (χ0) is 16.1. The maximum atomic E-state index is 12.9. The van der Waals surface area contributed by atoms with Crippen LogP contribution in [0.3, 0.4) is 0 Å². The Morgan fingerprint density at radius 2 is 2.14 bits per heavy atom. The third-order valence-corrected chi connectivity index (χ3v) is 4.81. The van der Waals surface area contributed by atoms with E-state index in [9.17, 15) is 18.0 Å². The van der Waals surface area contributed by atoms with Gasteiger partial charge in [-0.3, -0.25) is 9.48 Å². The van der Waals surface area contributed by atoms with Crippen molar-refractivity contribution in [2.75, 3.05) is 0 Å². The molecule has 0 unspecified atom stereocenters. The van der Waals surface area contributed by atoms with Crippen molar-refractivity contribution in [1.82, 2.24) is 9.78 Å². The molecule has 3 nitrogen and oxygen atoms in total. The second-order valence-corrected chi connectivity index (χ2v) is 7.08. The van der Waals surface area contributed by atoms with Crippen LogP contribution in [0.1, 0.15) is 42.7 Å². The summed E-state index contributed by atoms with van der Waals surface area (Å²) in [5.41, 5.74) is 0.649. The van der Waals surface area contributed by atoms with Crippen LogP contribution in [-0.4, -0.2) is 21.7 Å². The standard InChI is InChI=1S/C15H15F3N2OS/c1-14(2)6-5-9(21)11-12(10-4-3-7-22-10)19-20(13(11)14)8-15(16,17)18/h3-4,7H,5-6,8H2,1-2H3. The Hall–Kier alpha value is -1.63. The molecule has 0 fully saturated rings. The number of carbonyl (C=O) groups is 1. The molecule has 0 radical (unpaired) electrons. The maximum absolute atomic E-state index is 12.9. The fourth-order valence-electron chi connectivity index (χ4n) is 2.95. The molecular formula is C15H15F3N2OS. The molecule has 1 aliphatic carbocycles. The van der Waals surface area contributed by atoms with E-state index in [1.54, 1.807) is 12.1 Å². The molecule has 22 heavy (non-hydrogen) atoms. The van der Waals surface area contributed by atoms with Crippen LogP contribution in [0.4, 0.5) is 13.2 Å². The average Bonchev–Trinajstić information content (AvgIpc) is 2.99. The van der Waals surface area contributed by atoms with Crippen LogP contribution in [0.15, 0.2) is 17.5 Å². The fourth-order valence-corrected chi connectivity index (χ4v) is 3.67. The Kier molecular flexibility index (Phi) is 3.43. The van der Waals surface area contributed by atoms with E-state index in [1.807, 2.05) is 19.2 Å². The first-order valence-corrected chi connectivity index (χ1v) is 7.82. The maximum Gasteiger partial charge on any atom is 0.408 e. The number of nitrogens with zero attached hydrogens (tertiary/aromatic N) is 2. The molecule has 2 heterocycles. The highest BCUT2D eigenvalue weighted by atomic mass is 32.1. The predicted molar refractivity (Wildman–Crippen MR) is 78.2 cm³/mol. The molecule has 0 spiro atoms. The number of aromatic nitrogens is 2. The molecule has 7 heteroatoms. The van der Waals surface area contributed by atoms with Crippen LogP contribution in [-0.2, 0) is 12.0 Å². The average molecular weight is 328 g/mol. The highest BCUT2D eigenvalue weighted by Crippen LogP contribution is 2.42. The molecule has 0 atom stereocenters. The molecule has 3 rings (SSSR count). The van der Waals surface area contributed by atoms with Gasteiger partial charge in [0.25, 0.3) is 0 Å². The predicted octanol–water partition coefficient (Wildman–Crippen LogP) is 4.43. The van der Waals surface area contributed by atoms with Gasteiger partial charge < -0.3 is 0 Å². The van der Waals surface area contributed by atoms with Gasteiger partial charge in [0.2, 0.25) is 0 Å². The van der Waals surface area contributed by atoms with Gasteiger partial charge in [-0.25, -0.2) is 0 Å².